The number of benzene rings is 1. The molecule has 19 heavy (non-hydrogen) atoms. The van der Waals surface area contributed by atoms with Crippen LogP contribution in [0.3, 0.4) is 0 Å². The lowest BCUT2D eigenvalue weighted by Crippen LogP contribution is -2.30. The first-order chi connectivity index (χ1) is 9.11. The van der Waals surface area contributed by atoms with Crippen molar-refractivity contribution in [1.82, 2.24) is 4.90 Å². The molecule has 6 heteroatoms. The third-order valence-corrected chi connectivity index (χ3v) is 3.90. The molecule has 1 heterocycles. The van der Waals surface area contributed by atoms with Crippen molar-refractivity contribution in [2.24, 2.45) is 10.9 Å². The van der Waals surface area contributed by atoms with Gasteiger partial charge in [-0.3, -0.25) is 0 Å². The average Bonchev–Trinajstić information content (AvgIpc) is 2.62. The molecule has 0 bridgehead atoms. The Balaban J connectivity index is 2.33. The lowest BCUT2D eigenvalue weighted by Gasteiger charge is -2.25. The zero-order valence-electron chi connectivity index (χ0n) is 11.0. The second-order valence-corrected chi connectivity index (χ2v) is 5.71. The SMILES string of the molecule is CN1CCCN(c2ccc(Br)cc2/C(N)=N/O)CC1. The van der Waals surface area contributed by atoms with Crippen LogP contribution in [-0.4, -0.2) is 49.2 Å². The number of nitrogens with two attached hydrogens (primary N) is 1. The van der Waals surface area contributed by atoms with E-state index in [4.69, 9.17) is 10.9 Å². The van der Waals surface area contributed by atoms with Crippen LogP contribution in [0.15, 0.2) is 27.8 Å². The van der Waals surface area contributed by atoms with E-state index >= 15 is 0 Å². The van der Waals surface area contributed by atoms with Crippen molar-refractivity contribution in [2.75, 3.05) is 38.1 Å². The van der Waals surface area contributed by atoms with E-state index in [1.54, 1.807) is 0 Å². The highest BCUT2D eigenvalue weighted by atomic mass is 79.9. The molecule has 0 spiro atoms. The minimum absolute atomic E-state index is 0.147. The largest absolute Gasteiger partial charge is 0.409 e. The Hall–Kier alpha value is -1.27. The number of nitrogens with zero attached hydrogens (tertiary/aromatic N) is 3. The predicted octanol–water partition coefficient (Wildman–Crippen LogP) is 1.69. The summed E-state index contributed by atoms with van der Waals surface area (Å²) in [4.78, 5) is 4.62. The van der Waals surface area contributed by atoms with E-state index in [-0.39, 0.29) is 5.84 Å². The highest BCUT2D eigenvalue weighted by Gasteiger charge is 2.17. The Morgan fingerprint density at radius 3 is 2.84 bits per heavy atom. The predicted molar refractivity (Wildman–Crippen MR) is 81.0 cm³/mol. The van der Waals surface area contributed by atoms with E-state index in [0.717, 1.165) is 48.3 Å². The van der Waals surface area contributed by atoms with Crippen LogP contribution in [0.5, 0.6) is 0 Å². The van der Waals surface area contributed by atoms with E-state index in [0.29, 0.717) is 0 Å². The van der Waals surface area contributed by atoms with Crippen molar-refractivity contribution in [2.45, 2.75) is 6.42 Å². The summed E-state index contributed by atoms with van der Waals surface area (Å²) in [7, 11) is 2.13. The Bertz CT molecular complexity index is 478. The first-order valence-electron chi connectivity index (χ1n) is 6.33. The zero-order valence-corrected chi connectivity index (χ0v) is 12.6. The van der Waals surface area contributed by atoms with Crippen molar-refractivity contribution in [3.05, 3.63) is 28.2 Å². The Morgan fingerprint density at radius 1 is 1.32 bits per heavy atom. The molecule has 2 rings (SSSR count). The van der Waals surface area contributed by atoms with Gasteiger partial charge in [0.05, 0.1) is 0 Å². The summed E-state index contributed by atoms with van der Waals surface area (Å²) in [6.45, 7) is 4.05. The van der Waals surface area contributed by atoms with E-state index < -0.39 is 0 Å². The normalized spacial score (nSPS) is 18.4. The summed E-state index contributed by atoms with van der Waals surface area (Å²) in [6.07, 6.45) is 1.11. The topological polar surface area (TPSA) is 65.1 Å². The van der Waals surface area contributed by atoms with Crippen LogP contribution in [-0.2, 0) is 0 Å². The molecular formula is C13H19BrN4O. The smallest absolute Gasteiger partial charge is 0.172 e. The molecule has 0 amide bonds. The average molecular weight is 327 g/mol. The standard InChI is InChI=1S/C13H19BrN4O/c1-17-5-2-6-18(8-7-17)12-4-3-10(14)9-11(12)13(15)16-19/h3-4,9,19H,2,5-8H2,1H3,(H2,15,16). The second kappa shape index (κ2) is 6.25. The van der Waals surface area contributed by atoms with Gasteiger partial charge >= 0.3 is 0 Å². The molecule has 1 aliphatic rings. The van der Waals surface area contributed by atoms with Gasteiger partial charge in [-0.05, 0) is 38.2 Å². The molecule has 1 aliphatic heterocycles. The quantitative estimate of drug-likeness (QED) is 0.375. The summed E-state index contributed by atoms with van der Waals surface area (Å²) in [5, 5.41) is 12.1. The van der Waals surface area contributed by atoms with Crippen molar-refractivity contribution in [3.63, 3.8) is 0 Å². The summed E-state index contributed by atoms with van der Waals surface area (Å²) in [5.41, 5.74) is 7.57. The first-order valence-corrected chi connectivity index (χ1v) is 7.12. The van der Waals surface area contributed by atoms with Crippen molar-refractivity contribution in [3.8, 4) is 0 Å². The summed E-state index contributed by atoms with van der Waals surface area (Å²) < 4.78 is 0.921. The highest BCUT2D eigenvalue weighted by Crippen LogP contribution is 2.25. The van der Waals surface area contributed by atoms with Crippen LogP contribution in [0, 0.1) is 0 Å². The maximum Gasteiger partial charge on any atom is 0.172 e. The maximum absolute atomic E-state index is 8.92. The molecule has 1 fully saturated rings. The molecule has 0 saturated carbocycles. The van der Waals surface area contributed by atoms with Crippen LogP contribution < -0.4 is 10.6 Å². The van der Waals surface area contributed by atoms with Crippen molar-refractivity contribution >= 4 is 27.5 Å². The third kappa shape index (κ3) is 3.39. The van der Waals surface area contributed by atoms with Gasteiger partial charge in [0, 0.05) is 35.4 Å². The molecule has 1 aromatic carbocycles. The van der Waals surface area contributed by atoms with Gasteiger partial charge in [-0.25, -0.2) is 0 Å². The van der Waals surface area contributed by atoms with Gasteiger partial charge in [0.15, 0.2) is 5.84 Å². The van der Waals surface area contributed by atoms with Crippen LogP contribution in [0.1, 0.15) is 12.0 Å². The lowest BCUT2D eigenvalue weighted by atomic mass is 10.1. The molecule has 104 valence electrons. The van der Waals surface area contributed by atoms with Gasteiger partial charge in [-0.15, -0.1) is 0 Å². The Morgan fingerprint density at radius 2 is 2.11 bits per heavy atom. The van der Waals surface area contributed by atoms with Crippen LogP contribution >= 0.6 is 15.9 Å². The fourth-order valence-corrected chi connectivity index (χ4v) is 2.69. The monoisotopic (exact) mass is 326 g/mol. The van der Waals surface area contributed by atoms with Gasteiger partial charge in [-0.1, -0.05) is 21.1 Å². The van der Waals surface area contributed by atoms with E-state index in [1.165, 1.54) is 0 Å². The molecule has 5 nitrogen and oxygen atoms in total. The number of likely N-dealkylation sites (N-methyl/N-ethyl adjacent to an activating group) is 1. The van der Waals surface area contributed by atoms with E-state index in [9.17, 15) is 0 Å². The molecule has 0 radical (unpaired) electrons. The fraction of sp³-hybridized carbons (Fsp3) is 0.462. The van der Waals surface area contributed by atoms with Crippen molar-refractivity contribution < 1.29 is 5.21 Å². The van der Waals surface area contributed by atoms with Gasteiger partial charge in [0.2, 0.25) is 0 Å². The lowest BCUT2D eigenvalue weighted by molar-refractivity contribution is 0.318. The molecule has 0 unspecified atom stereocenters. The number of anilines is 1. The van der Waals surface area contributed by atoms with Gasteiger partial charge in [0.1, 0.15) is 0 Å². The molecule has 1 aromatic rings. The maximum atomic E-state index is 8.92. The minimum Gasteiger partial charge on any atom is -0.409 e. The Kier molecular flexibility index (Phi) is 4.66. The molecule has 0 aromatic heterocycles. The van der Waals surface area contributed by atoms with E-state index in [1.807, 2.05) is 18.2 Å². The molecule has 3 N–H and O–H groups in total. The number of hydrogen-bond donors (Lipinski definition) is 2. The molecule has 0 aliphatic carbocycles. The van der Waals surface area contributed by atoms with Gasteiger partial charge < -0.3 is 20.7 Å². The highest BCUT2D eigenvalue weighted by molar-refractivity contribution is 9.10. The first kappa shape index (κ1) is 14.1. The number of rotatable bonds is 2. The molecular weight excluding hydrogens is 308 g/mol. The number of amidine groups is 1. The zero-order chi connectivity index (χ0) is 13.8. The number of oxime groups is 1. The minimum atomic E-state index is 0.147. The summed E-state index contributed by atoms with van der Waals surface area (Å²) in [5.74, 6) is 0.147. The fourth-order valence-electron chi connectivity index (χ4n) is 2.33. The molecule has 1 saturated heterocycles. The van der Waals surface area contributed by atoms with Gasteiger partial charge in [0.25, 0.3) is 0 Å². The number of hydrogen-bond acceptors (Lipinski definition) is 4. The number of halogens is 1. The van der Waals surface area contributed by atoms with Crippen LogP contribution in [0.4, 0.5) is 5.69 Å². The Labute approximate surface area is 121 Å². The molecule has 0 atom stereocenters. The summed E-state index contributed by atoms with van der Waals surface area (Å²) >= 11 is 3.42. The van der Waals surface area contributed by atoms with Crippen LogP contribution in [0.2, 0.25) is 0 Å². The van der Waals surface area contributed by atoms with Gasteiger partial charge in [-0.2, -0.15) is 0 Å². The third-order valence-electron chi connectivity index (χ3n) is 3.40. The summed E-state index contributed by atoms with van der Waals surface area (Å²) in [6, 6.07) is 5.89. The van der Waals surface area contributed by atoms with Crippen LogP contribution in [0.25, 0.3) is 0 Å². The van der Waals surface area contributed by atoms with E-state index in [2.05, 4.69) is 37.9 Å². The van der Waals surface area contributed by atoms with Crippen molar-refractivity contribution in [1.29, 1.82) is 0 Å². The second-order valence-electron chi connectivity index (χ2n) is 4.79.